The van der Waals surface area contributed by atoms with Gasteiger partial charge in [0.2, 0.25) is 17.8 Å². The van der Waals surface area contributed by atoms with Gasteiger partial charge in [0.05, 0.1) is 11.5 Å². The van der Waals surface area contributed by atoms with Gasteiger partial charge in [0.15, 0.2) is 0 Å². The highest BCUT2D eigenvalue weighted by molar-refractivity contribution is 6.04. The van der Waals surface area contributed by atoms with E-state index in [0.29, 0.717) is 17.6 Å². The topological polar surface area (TPSA) is 107 Å². The Hall–Kier alpha value is -3.94. The third-order valence-corrected chi connectivity index (χ3v) is 7.19. The molecule has 1 unspecified atom stereocenters. The van der Waals surface area contributed by atoms with Gasteiger partial charge in [-0.2, -0.15) is 4.98 Å². The first-order valence-corrected chi connectivity index (χ1v) is 12.6. The smallest absolute Gasteiger partial charge is 0.258 e. The Morgan fingerprint density at radius 2 is 1.78 bits per heavy atom. The number of hydrogen-bond acceptors (Lipinski definition) is 5. The summed E-state index contributed by atoms with van der Waals surface area (Å²) in [6, 6.07) is 18.0. The second kappa shape index (κ2) is 10.4. The SMILES string of the molecule is CCc1ccccc1NC(=O)C1CC(=O)Nc2nc(N3CCC(Cc4ccccc4)CC3)[nH]c(=O)c21. The Balaban J connectivity index is 1.32. The van der Waals surface area contributed by atoms with Crippen LogP contribution in [-0.2, 0) is 22.4 Å². The van der Waals surface area contributed by atoms with Crippen LogP contribution in [0.25, 0.3) is 0 Å². The number of benzene rings is 2. The van der Waals surface area contributed by atoms with Crippen LogP contribution >= 0.6 is 0 Å². The molecule has 0 radical (unpaired) electrons. The summed E-state index contributed by atoms with van der Waals surface area (Å²) >= 11 is 0. The van der Waals surface area contributed by atoms with Crippen LogP contribution in [-0.4, -0.2) is 34.9 Å². The van der Waals surface area contributed by atoms with E-state index < -0.39 is 5.92 Å². The van der Waals surface area contributed by atoms with E-state index in [1.54, 1.807) is 0 Å². The monoisotopic (exact) mass is 485 g/mol. The molecule has 0 saturated carbocycles. The number of rotatable bonds is 6. The molecule has 1 atom stereocenters. The molecule has 2 aliphatic rings. The average molecular weight is 486 g/mol. The fourth-order valence-corrected chi connectivity index (χ4v) is 5.20. The number of carbonyl (C=O) groups is 2. The number of amides is 2. The third-order valence-electron chi connectivity index (χ3n) is 7.19. The minimum absolute atomic E-state index is 0.0951. The molecule has 3 aromatic rings. The molecule has 3 heterocycles. The highest BCUT2D eigenvalue weighted by Crippen LogP contribution is 2.31. The van der Waals surface area contributed by atoms with Gasteiger partial charge >= 0.3 is 0 Å². The van der Waals surface area contributed by atoms with Crippen LogP contribution < -0.4 is 21.1 Å². The van der Waals surface area contributed by atoms with Gasteiger partial charge in [0.25, 0.3) is 5.56 Å². The predicted molar refractivity (Wildman–Crippen MR) is 140 cm³/mol. The Labute approximate surface area is 210 Å². The van der Waals surface area contributed by atoms with Crippen molar-refractivity contribution in [3.63, 3.8) is 0 Å². The third kappa shape index (κ3) is 5.03. The summed E-state index contributed by atoms with van der Waals surface area (Å²) in [7, 11) is 0. The lowest BCUT2D eigenvalue weighted by Gasteiger charge is -2.33. The molecule has 8 heteroatoms. The van der Waals surface area contributed by atoms with Crippen LogP contribution in [0.4, 0.5) is 17.5 Å². The van der Waals surface area contributed by atoms with E-state index in [1.807, 2.05) is 37.3 Å². The molecule has 1 fully saturated rings. The summed E-state index contributed by atoms with van der Waals surface area (Å²) in [5, 5.41) is 5.63. The fourth-order valence-electron chi connectivity index (χ4n) is 5.20. The average Bonchev–Trinajstić information content (AvgIpc) is 2.89. The van der Waals surface area contributed by atoms with Crippen LogP contribution in [0.3, 0.4) is 0 Å². The maximum Gasteiger partial charge on any atom is 0.258 e. The number of hydrogen-bond donors (Lipinski definition) is 3. The maximum atomic E-state index is 13.2. The van der Waals surface area contributed by atoms with Gasteiger partial charge in [0.1, 0.15) is 5.82 Å². The number of nitrogens with zero attached hydrogens (tertiary/aromatic N) is 2. The van der Waals surface area contributed by atoms with Gasteiger partial charge in [-0.15, -0.1) is 0 Å². The van der Waals surface area contributed by atoms with Gasteiger partial charge in [-0.1, -0.05) is 55.5 Å². The van der Waals surface area contributed by atoms with Crippen molar-refractivity contribution in [1.29, 1.82) is 0 Å². The molecular formula is C28H31N5O3. The Morgan fingerprint density at radius 3 is 2.53 bits per heavy atom. The van der Waals surface area contributed by atoms with Crippen molar-refractivity contribution in [3.8, 4) is 0 Å². The lowest BCUT2D eigenvalue weighted by atomic mass is 9.90. The van der Waals surface area contributed by atoms with Crippen molar-refractivity contribution < 1.29 is 9.59 Å². The van der Waals surface area contributed by atoms with E-state index in [2.05, 4.69) is 49.8 Å². The molecule has 2 aliphatic heterocycles. The molecule has 1 saturated heterocycles. The summed E-state index contributed by atoms with van der Waals surface area (Å²) in [5.74, 6) is -0.409. The molecule has 0 spiro atoms. The minimum Gasteiger partial charge on any atom is -0.342 e. The Morgan fingerprint density at radius 1 is 1.06 bits per heavy atom. The van der Waals surface area contributed by atoms with Gasteiger partial charge in [-0.05, 0) is 48.8 Å². The van der Waals surface area contributed by atoms with Gasteiger partial charge < -0.3 is 15.5 Å². The molecule has 186 valence electrons. The van der Waals surface area contributed by atoms with E-state index in [4.69, 9.17) is 0 Å². The van der Waals surface area contributed by atoms with E-state index in [1.165, 1.54) is 5.56 Å². The molecule has 5 rings (SSSR count). The second-order valence-electron chi connectivity index (χ2n) is 9.58. The molecule has 36 heavy (non-hydrogen) atoms. The van der Waals surface area contributed by atoms with Crippen molar-refractivity contribution in [2.24, 2.45) is 5.92 Å². The first kappa shape index (κ1) is 23.8. The van der Waals surface area contributed by atoms with Crippen LogP contribution in [0, 0.1) is 5.92 Å². The Bertz CT molecular complexity index is 1310. The van der Waals surface area contributed by atoms with Crippen LogP contribution in [0.1, 0.15) is 48.8 Å². The standard InChI is InChI=1S/C28H31N5O3/c1-2-20-10-6-7-11-22(20)29-26(35)21-17-23(34)30-25-24(21)27(36)32-28(31-25)33-14-12-19(13-15-33)16-18-8-4-3-5-9-18/h3-11,19,21H,2,12-17H2,1H3,(H,29,35)(H2,30,31,32,34,36). The number of piperidine rings is 1. The van der Waals surface area contributed by atoms with E-state index in [-0.39, 0.29) is 35.2 Å². The van der Waals surface area contributed by atoms with Gasteiger partial charge in [-0.3, -0.25) is 19.4 Å². The zero-order chi connectivity index (χ0) is 25.1. The molecule has 3 N–H and O–H groups in total. The number of aromatic nitrogens is 2. The molecule has 1 aromatic heterocycles. The van der Waals surface area contributed by atoms with E-state index in [9.17, 15) is 14.4 Å². The van der Waals surface area contributed by atoms with Crippen molar-refractivity contribution in [1.82, 2.24) is 9.97 Å². The lowest BCUT2D eigenvalue weighted by Crippen LogP contribution is -2.40. The predicted octanol–water partition coefficient (Wildman–Crippen LogP) is 3.86. The van der Waals surface area contributed by atoms with Crippen molar-refractivity contribution in [2.45, 2.75) is 44.9 Å². The first-order chi connectivity index (χ1) is 17.5. The summed E-state index contributed by atoms with van der Waals surface area (Å²) < 4.78 is 0. The number of aromatic amines is 1. The van der Waals surface area contributed by atoms with E-state index in [0.717, 1.165) is 44.3 Å². The number of para-hydroxylation sites is 1. The normalized spacial score (nSPS) is 17.9. The number of fused-ring (bicyclic) bond motifs is 1. The van der Waals surface area contributed by atoms with Crippen LogP contribution in [0.5, 0.6) is 0 Å². The van der Waals surface area contributed by atoms with Crippen molar-refractivity contribution in [3.05, 3.63) is 81.6 Å². The molecule has 2 aromatic carbocycles. The molecular weight excluding hydrogens is 454 g/mol. The number of carbonyl (C=O) groups excluding carboxylic acids is 2. The largest absolute Gasteiger partial charge is 0.342 e. The highest BCUT2D eigenvalue weighted by atomic mass is 16.2. The first-order valence-electron chi connectivity index (χ1n) is 12.6. The summed E-state index contributed by atoms with van der Waals surface area (Å²) in [6.45, 7) is 3.55. The summed E-state index contributed by atoms with van der Waals surface area (Å²) in [5.41, 5.74) is 2.85. The van der Waals surface area contributed by atoms with Crippen LogP contribution in [0.2, 0.25) is 0 Å². The maximum absolute atomic E-state index is 13.2. The van der Waals surface area contributed by atoms with Crippen LogP contribution in [0.15, 0.2) is 59.4 Å². The zero-order valence-corrected chi connectivity index (χ0v) is 20.4. The van der Waals surface area contributed by atoms with Crippen molar-refractivity contribution >= 4 is 29.3 Å². The van der Waals surface area contributed by atoms with Gasteiger partial charge in [-0.25, -0.2) is 0 Å². The molecule has 0 aliphatic carbocycles. The molecule has 2 amide bonds. The lowest BCUT2D eigenvalue weighted by molar-refractivity contribution is -0.123. The zero-order valence-electron chi connectivity index (χ0n) is 20.4. The number of H-pyrrole nitrogens is 1. The second-order valence-corrected chi connectivity index (χ2v) is 9.58. The summed E-state index contributed by atoms with van der Waals surface area (Å²) in [4.78, 5) is 48.4. The highest BCUT2D eigenvalue weighted by Gasteiger charge is 2.35. The fraction of sp³-hybridized carbons (Fsp3) is 0.357. The minimum atomic E-state index is -0.902. The molecule has 8 nitrogen and oxygen atoms in total. The Kier molecular flexibility index (Phi) is 6.84. The van der Waals surface area contributed by atoms with E-state index >= 15 is 0 Å². The number of nitrogens with one attached hydrogen (secondary N) is 3. The summed E-state index contributed by atoms with van der Waals surface area (Å²) in [6.07, 6.45) is 3.68. The molecule has 0 bridgehead atoms. The van der Waals surface area contributed by atoms with Gasteiger partial charge in [0, 0.05) is 25.2 Å². The quantitative estimate of drug-likeness (QED) is 0.492. The number of aryl methyl sites for hydroxylation is 1. The number of anilines is 3. The van der Waals surface area contributed by atoms with Crippen molar-refractivity contribution in [2.75, 3.05) is 28.6 Å².